The van der Waals surface area contributed by atoms with Crippen molar-refractivity contribution >= 4 is 27.3 Å². The van der Waals surface area contributed by atoms with E-state index in [1.54, 1.807) is 12.4 Å². The highest BCUT2D eigenvalue weighted by molar-refractivity contribution is 9.10. The molecule has 0 atom stereocenters. The summed E-state index contributed by atoms with van der Waals surface area (Å²) in [4.78, 5) is 12.7. The maximum Gasteiger partial charge on any atom is 0.237 e. The van der Waals surface area contributed by atoms with Crippen molar-refractivity contribution in [1.82, 2.24) is 19.4 Å². The van der Waals surface area contributed by atoms with E-state index < -0.39 is 0 Å². The molecule has 7 heteroatoms. The fourth-order valence-corrected chi connectivity index (χ4v) is 2.32. The molecule has 3 aromatic rings. The fourth-order valence-electron chi connectivity index (χ4n) is 2.01. The van der Waals surface area contributed by atoms with Gasteiger partial charge < -0.3 is 10.1 Å². The molecule has 0 spiro atoms. The van der Waals surface area contributed by atoms with Crippen molar-refractivity contribution in [2.24, 2.45) is 0 Å². The molecule has 6 nitrogen and oxygen atoms in total. The van der Waals surface area contributed by atoms with Gasteiger partial charge in [-0.25, -0.2) is 15.0 Å². The zero-order valence-corrected chi connectivity index (χ0v) is 13.0. The van der Waals surface area contributed by atoms with Gasteiger partial charge in [0, 0.05) is 12.4 Å². The number of hydrogen-bond donors (Lipinski definition) is 1. The van der Waals surface area contributed by atoms with Crippen molar-refractivity contribution in [2.75, 3.05) is 11.9 Å². The van der Waals surface area contributed by atoms with Crippen LogP contribution in [0.4, 0.5) is 5.69 Å². The second-order valence-corrected chi connectivity index (χ2v) is 5.14. The summed E-state index contributed by atoms with van der Waals surface area (Å²) in [6.07, 6.45) is 7.16. The molecule has 0 aromatic carbocycles. The molecule has 0 saturated heterocycles. The molecule has 0 bridgehead atoms. The molecule has 0 aliphatic rings. The predicted molar refractivity (Wildman–Crippen MR) is 83.4 cm³/mol. The number of aromatic nitrogens is 4. The minimum absolute atomic E-state index is 0.583. The van der Waals surface area contributed by atoms with Crippen LogP contribution in [0.15, 0.2) is 41.5 Å². The Labute approximate surface area is 130 Å². The van der Waals surface area contributed by atoms with Crippen LogP contribution < -0.4 is 10.1 Å². The fraction of sp³-hybridized carbons (Fsp3) is 0.214. The van der Waals surface area contributed by atoms with E-state index in [0.717, 1.165) is 21.6 Å². The third-order valence-corrected chi connectivity index (χ3v) is 3.36. The van der Waals surface area contributed by atoms with Gasteiger partial charge in [0.25, 0.3) is 0 Å². The Bertz CT molecular complexity index is 758. The Balaban J connectivity index is 1.82. The van der Waals surface area contributed by atoms with Crippen molar-refractivity contribution in [2.45, 2.75) is 13.5 Å². The van der Waals surface area contributed by atoms with E-state index in [4.69, 9.17) is 4.74 Å². The van der Waals surface area contributed by atoms with Gasteiger partial charge in [-0.3, -0.25) is 4.40 Å². The van der Waals surface area contributed by atoms with Gasteiger partial charge in [-0.15, -0.1) is 0 Å². The number of halogens is 1. The summed E-state index contributed by atoms with van der Waals surface area (Å²) in [7, 11) is 0. The first-order valence-corrected chi connectivity index (χ1v) is 7.36. The number of nitrogens with one attached hydrogen (secondary N) is 1. The largest absolute Gasteiger partial charge is 0.476 e. The summed E-state index contributed by atoms with van der Waals surface area (Å²) < 4.78 is 8.26. The molecule has 3 heterocycles. The minimum Gasteiger partial charge on any atom is -0.476 e. The van der Waals surface area contributed by atoms with Crippen LogP contribution in [0.1, 0.15) is 12.6 Å². The Morgan fingerprint density at radius 1 is 1.29 bits per heavy atom. The molecule has 0 amide bonds. The number of ether oxygens (including phenoxy) is 1. The van der Waals surface area contributed by atoms with Gasteiger partial charge in [0.2, 0.25) is 5.88 Å². The van der Waals surface area contributed by atoms with E-state index in [9.17, 15) is 0 Å². The zero-order chi connectivity index (χ0) is 14.7. The predicted octanol–water partition coefficient (Wildman–Crippen LogP) is 2.90. The van der Waals surface area contributed by atoms with Gasteiger partial charge >= 0.3 is 0 Å². The second-order valence-electron chi connectivity index (χ2n) is 4.33. The third kappa shape index (κ3) is 2.97. The summed E-state index contributed by atoms with van der Waals surface area (Å²) >= 11 is 3.37. The molecule has 21 heavy (non-hydrogen) atoms. The molecule has 1 N–H and O–H groups in total. The molecular weight excluding hydrogens is 334 g/mol. The average Bonchev–Trinajstić information content (AvgIpc) is 2.89. The van der Waals surface area contributed by atoms with Gasteiger partial charge in [0.1, 0.15) is 4.60 Å². The highest BCUT2D eigenvalue weighted by Crippen LogP contribution is 2.21. The Morgan fingerprint density at radius 3 is 3.05 bits per heavy atom. The lowest BCUT2D eigenvalue weighted by atomic mass is 10.3. The van der Waals surface area contributed by atoms with E-state index in [-0.39, 0.29) is 0 Å². The number of anilines is 1. The lowest BCUT2D eigenvalue weighted by molar-refractivity contribution is 0.328. The normalized spacial score (nSPS) is 10.8. The van der Waals surface area contributed by atoms with Crippen LogP contribution in [0.5, 0.6) is 5.88 Å². The number of rotatable bonds is 5. The summed E-state index contributed by atoms with van der Waals surface area (Å²) in [5, 5.41) is 3.33. The van der Waals surface area contributed by atoms with Gasteiger partial charge in [-0.2, -0.15) is 0 Å². The highest BCUT2D eigenvalue weighted by Gasteiger charge is 2.07. The SMILES string of the molecule is CCOc1ncccc1NCc1cnc2cnc(Br)cn12. The monoisotopic (exact) mass is 347 g/mol. The first-order valence-electron chi connectivity index (χ1n) is 6.57. The van der Waals surface area contributed by atoms with Crippen LogP contribution in [0.25, 0.3) is 5.65 Å². The lowest BCUT2D eigenvalue weighted by Crippen LogP contribution is -2.05. The van der Waals surface area contributed by atoms with E-state index >= 15 is 0 Å². The number of imidazole rings is 1. The number of pyridine rings is 1. The highest BCUT2D eigenvalue weighted by atomic mass is 79.9. The molecule has 0 saturated carbocycles. The first kappa shape index (κ1) is 13.8. The summed E-state index contributed by atoms with van der Waals surface area (Å²) in [6, 6.07) is 3.82. The lowest BCUT2D eigenvalue weighted by Gasteiger charge is -2.10. The van der Waals surface area contributed by atoms with E-state index in [1.807, 2.05) is 35.9 Å². The van der Waals surface area contributed by atoms with E-state index in [0.29, 0.717) is 19.0 Å². The topological polar surface area (TPSA) is 64.3 Å². The summed E-state index contributed by atoms with van der Waals surface area (Å²) in [5.74, 6) is 0.608. The van der Waals surface area contributed by atoms with Crippen molar-refractivity contribution in [3.8, 4) is 5.88 Å². The minimum atomic E-state index is 0.583. The molecule has 0 aliphatic carbocycles. The van der Waals surface area contributed by atoms with Crippen molar-refractivity contribution in [1.29, 1.82) is 0 Å². The zero-order valence-electron chi connectivity index (χ0n) is 11.5. The maximum atomic E-state index is 5.50. The van der Waals surface area contributed by atoms with Crippen LogP contribution in [0, 0.1) is 0 Å². The molecule has 0 radical (unpaired) electrons. The molecule has 3 aromatic heterocycles. The van der Waals surface area contributed by atoms with Crippen molar-refractivity contribution in [3.63, 3.8) is 0 Å². The van der Waals surface area contributed by atoms with Crippen LogP contribution >= 0.6 is 15.9 Å². The second kappa shape index (κ2) is 6.09. The van der Waals surface area contributed by atoms with Gasteiger partial charge in [-0.1, -0.05) is 0 Å². The van der Waals surface area contributed by atoms with E-state index in [1.165, 1.54) is 0 Å². The van der Waals surface area contributed by atoms with Crippen molar-refractivity contribution in [3.05, 3.63) is 47.2 Å². The maximum absolute atomic E-state index is 5.50. The Kier molecular flexibility index (Phi) is 4.01. The molecule has 0 fully saturated rings. The van der Waals surface area contributed by atoms with Gasteiger partial charge in [0.15, 0.2) is 5.65 Å². The van der Waals surface area contributed by atoms with Crippen molar-refractivity contribution < 1.29 is 4.74 Å². The van der Waals surface area contributed by atoms with Crippen LogP contribution in [-0.4, -0.2) is 26.0 Å². The molecular formula is C14H14BrN5O. The molecule has 0 aliphatic heterocycles. The van der Waals surface area contributed by atoms with E-state index in [2.05, 4.69) is 36.2 Å². The quantitative estimate of drug-likeness (QED) is 0.768. The van der Waals surface area contributed by atoms with Gasteiger partial charge in [-0.05, 0) is 35.0 Å². The third-order valence-electron chi connectivity index (χ3n) is 2.95. The molecule has 3 rings (SSSR count). The van der Waals surface area contributed by atoms with Crippen LogP contribution in [0.3, 0.4) is 0 Å². The van der Waals surface area contributed by atoms with Crippen LogP contribution in [0.2, 0.25) is 0 Å². The number of hydrogen-bond acceptors (Lipinski definition) is 5. The summed E-state index contributed by atoms with van der Waals surface area (Å²) in [6.45, 7) is 3.14. The first-order chi connectivity index (χ1) is 10.3. The molecule has 0 unspecified atom stereocenters. The standard InChI is InChI=1S/C14H14BrN5O/c1-2-21-14-11(4-3-5-16-14)17-6-10-7-19-13-8-18-12(15)9-20(10)13/h3-5,7-9,17H,2,6H2,1H3. The van der Waals surface area contributed by atoms with Gasteiger partial charge in [0.05, 0.1) is 36.9 Å². The Hall–Kier alpha value is -2.15. The number of fused-ring (bicyclic) bond motifs is 1. The summed E-state index contributed by atoms with van der Waals surface area (Å²) in [5.41, 5.74) is 2.70. The molecule has 108 valence electrons. The smallest absolute Gasteiger partial charge is 0.237 e. The Morgan fingerprint density at radius 2 is 2.19 bits per heavy atom. The number of nitrogens with zero attached hydrogens (tertiary/aromatic N) is 4. The van der Waals surface area contributed by atoms with Crippen LogP contribution in [-0.2, 0) is 6.54 Å². The average molecular weight is 348 g/mol.